The van der Waals surface area contributed by atoms with Crippen LogP contribution in [0.5, 0.6) is 0 Å². The minimum absolute atomic E-state index is 0.162. The molecule has 3 heteroatoms. The Balaban J connectivity index is 1.97. The summed E-state index contributed by atoms with van der Waals surface area (Å²) in [5, 5.41) is 0. The van der Waals surface area contributed by atoms with Gasteiger partial charge >= 0.3 is 0 Å². The van der Waals surface area contributed by atoms with Crippen molar-refractivity contribution in [2.24, 2.45) is 5.92 Å². The fourth-order valence-corrected chi connectivity index (χ4v) is 2.70. The number of fused-ring (bicyclic) bond motifs is 2. The van der Waals surface area contributed by atoms with Crippen molar-refractivity contribution in [3.63, 3.8) is 0 Å². The number of carbonyl (C=O) groups excluding carboxylic acids is 2. The van der Waals surface area contributed by atoms with Gasteiger partial charge in [-0.05, 0) is 37.2 Å². The Hall–Kier alpha value is -1.38. The molecule has 14 heavy (non-hydrogen) atoms. The van der Waals surface area contributed by atoms with Crippen LogP contribution in [0.1, 0.15) is 25.7 Å². The van der Waals surface area contributed by atoms with Crippen LogP contribution >= 0.6 is 0 Å². The third-order valence-electron chi connectivity index (χ3n) is 3.36. The van der Waals surface area contributed by atoms with Crippen molar-refractivity contribution in [2.75, 3.05) is 0 Å². The molecule has 1 atom stereocenters. The summed E-state index contributed by atoms with van der Waals surface area (Å²) in [7, 11) is 0. The van der Waals surface area contributed by atoms with Crippen LogP contribution in [0.3, 0.4) is 0 Å². The molecule has 3 nitrogen and oxygen atoms in total. The second kappa shape index (κ2) is 2.56. The van der Waals surface area contributed by atoms with E-state index < -0.39 is 0 Å². The molecule has 0 radical (unpaired) electrons. The maximum Gasteiger partial charge on any atom is 0.257 e. The number of nitrogens with zero attached hydrogens (tertiary/aromatic N) is 1. The van der Waals surface area contributed by atoms with Crippen LogP contribution in [-0.4, -0.2) is 16.7 Å². The third-order valence-corrected chi connectivity index (χ3v) is 3.36. The van der Waals surface area contributed by atoms with Gasteiger partial charge in [-0.1, -0.05) is 0 Å². The molecule has 3 aliphatic rings. The molecule has 72 valence electrons. The molecule has 3 rings (SSSR count). The normalized spacial score (nSPS) is 30.0. The summed E-state index contributed by atoms with van der Waals surface area (Å²) in [4.78, 5) is 24.2. The Morgan fingerprint density at radius 2 is 1.86 bits per heavy atom. The van der Waals surface area contributed by atoms with E-state index in [1.165, 1.54) is 29.0 Å². The maximum absolute atomic E-state index is 11.4. The van der Waals surface area contributed by atoms with E-state index in [-0.39, 0.29) is 11.8 Å². The highest BCUT2D eigenvalue weighted by molar-refractivity contribution is 6.14. The van der Waals surface area contributed by atoms with Crippen molar-refractivity contribution in [1.82, 2.24) is 4.90 Å². The molecule has 0 aromatic heterocycles. The minimum atomic E-state index is -0.162. The monoisotopic (exact) mass is 189 g/mol. The van der Waals surface area contributed by atoms with Crippen LogP contribution in [0.15, 0.2) is 23.4 Å². The van der Waals surface area contributed by atoms with Gasteiger partial charge in [0.15, 0.2) is 0 Å². The van der Waals surface area contributed by atoms with Crippen molar-refractivity contribution in [2.45, 2.75) is 25.7 Å². The average Bonchev–Trinajstić information content (AvgIpc) is 2.81. The van der Waals surface area contributed by atoms with Gasteiger partial charge in [-0.15, -0.1) is 0 Å². The van der Waals surface area contributed by atoms with Crippen molar-refractivity contribution >= 4 is 11.8 Å². The lowest BCUT2D eigenvalue weighted by molar-refractivity contribution is -0.134. The van der Waals surface area contributed by atoms with Crippen LogP contribution in [0.2, 0.25) is 0 Å². The van der Waals surface area contributed by atoms with E-state index in [0.717, 1.165) is 25.0 Å². The Kier molecular flexibility index (Phi) is 1.46. The summed E-state index contributed by atoms with van der Waals surface area (Å²) >= 11 is 0. The van der Waals surface area contributed by atoms with E-state index in [1.54, 1.807) is 0 Å². The molecule has 1 fully saturated rings. The molecule has 2 amide bonds. The Bertz CT molecular complexity index is 374. The maximum atomic E-state index is 11.4. The zero-order chi connectivity index (χ0) is 9.71. The van der Waals surface area contributed by atoms with Gasteiger partial charge in [0.1, 0.15) is 0 Å². The quantitative estimate of drug-likeness (QED) is 0.584. The first kappa shape index (κ1) is 7.97. The van der Waals surface area contributed by atoms with Gasteiger partial charge in [0.2, 0.25) is 0 Å². The fourth-order valence-electron chi connectivity index (χ4n) is 2.70. The van der Waals surface area contributed by atoms with Crippen molar-refractivity contribution in [3.8, 4) is 0 Å². The van der Waals surface area contributed by atoms with Gasteiger partial charge in [0, 0.05) is 17.8 Å². The average molecular weight is 189 g/mol. The van der Waals surface area contributed by atoms with Crippen molar-refractivity contribution in [1.29, 1.82) is 0 Å². The summed E-state index contributed by atoms with van der Waals surface area (Å²) in [6.07, 6.45) is 7.07. The Labute approximate surface area is 82.1 Å². The number of rotatable bonds is 1. The highest BCUT2D eigenvalue weighted by Crippen LogP contribution is 2.45. The van der Waals surface area contributed by atoms with Gasteiger partial charge < -0.3 is 0 Å². The molecule has 0 spiro atoms. The molecule has 1 heterocycles. The summed E-state index contributed by atoms with van der Waals surface area (Å²) in [5.74, 6) is 0.372. The molecule has 1 saturated carbocycles. The van der Waals surface area contributed by atoms with E-state index in [4.69, 9.17) is 0 Å². The molecular formula is C11H11NO2. The fraction of sp³-hybridized carbons (Fsp3) is 0.455. The lowest BCUT2D eigenvalue weighted by atomic mass is 10.0. The SMILES string of the molecule is O=C1C=CC(=O)N1C1=C2CCC(C2)C1. The zero-order valence-electron chi connectivity index (χ0n) is 7.82. The lowest BCUT2D eigenvalue weighted by Gasteiger charge is -2.20. The van der Waals surface area contributed by atoms with Gasteiger partial charge in [0.25, 0.3) is 11.8 Å². The summed E-state index contributed by atoms with van der Waals surface area (Å²) in [6.45, 7) is 0. The number of hydrogen-bond donors (Lipinski definition) is 0. The highest BCUT2D eigenvalue weighted by Gasteiger charge is 2.37. The molecule has 0 N–H and O–H groups in total. The van der Waals surface area contributed by atoms with Crippen LogP contribution in [0, 0.1) is 5.92 Å². The van der Waals surface area contributed by atoms with Crippen molar-refractivity contribution < 1.29 is 9.59 Å². The molecule has 2 bridgehead atoms. The van der Waals surface area contributed by atoms with E-state index >= 15 is 0 Å². The van der Waals surface area contributed by atoms with Crippen LogP contribution in [-0.2, 0) is 9.59 Å². The number of imide groups is 1. The number of allylic oxidation sites excluding steroid dienone is 2. The molecule has 0 aromatic rings. The molecule has 1 unspecified atom stereocenters. The molecule has 1 aliphatic heterocycles. The number of hydrogen-bond acceptors (Lipinski definition) is 2. The first-order valence-corrected chi connectivity index (χ1v) is 5.03. The molecule has 2 aliphatic carbocycles. The highest BCUT2D eigenvalue weighted by atomic mass is 16.2. The molecular weight excluding hydrogens is 178 g/mol. The van der Waals surface area contributed by atoms with Gasteiger partial charge in [-0.3, -0.25) is 9.59 Å². The summed E-state index contributed by atoms with van der Waals surface area (Å²) in [6, 6.07) is 0. The summed E-state index contributed by atoms with van der Waals surface area (Å²) < 4.78 is 0. The summed E-state index contributed by atoms with van der Waals surface area (Å²) in [5.41, 5.74) is 2.33. The van der Waals surface area contributed by atoms with Crippen molar-refractivity contribution in [3.05, 3.63) is 23.4 Å². The Morgan fingerprint density at radius 1 is 1.14 bits per heavy atom. The number of amides is 2. The van der Waals surface area contributed by atoms with E-state index in [0.29, 0.717) is 5.92 Å². The number of carbonyl (C=O) groups is 2. The predicted octanol–water partition coefficient (Wildman–Crippen LogP) is 1.37. The smallest absolute Gasteiger partial charge is 0.257 e. The van der Waals surface area contributed by atoms with Crippen LogP contribution < -0.4 is 0 Å². The Morgan fingerprint density at radius 3 is 2.36 bits per heavy atom. The topological polar surface area (TPSA) is 37.4 Å². The second-order valence-electron chi connectivity index (χ2n) is 4.21. The zero-order valence-corrected chi connectivity index (χ0v) is 7.82. The largest absolute Gasteiger partial charge is 0.269 e. The minimum Gasteiger partial charge on any atom is -0.269 e. The van der Waals surface area contributed by atoms with E-state index in [1.807, 2.05) is 0 Å². The first-order chi connectivity index (χ1) is 6.75. The van der Waals surface area contributed by atoms with E-state index in [2.05, 4.69) is 0 Å². The van der Waals surface area contributed by atoms with E-state index in [9.17, 15) is 9.59 Å². The lowest BCUT2D eigenvalue weighted by Crippen LogP contribution is -2.30. The first-order valence-electron chi connectivity index (χ1n) is 5.03. The third kappa shape index (κ3) is 0.924. The second-order valence-corrected chi connectivity index (χ2v) is 4.21. The standard InChI is InChI=1S/C11H11NO2/c13-10-3-4-11(14)12(10)9-6-7-1-2-8(9)5-7/h3-4,7H,1-2,5-6H2. The molecule has 0 saturated heterocycles. The van der Waals surface area contributed by atoms with Gasteiger partial charge in [-0.2, -0.15) is 0 Å². The van der Waals surface area contributed by atoms with Gasteiger partial charge in [0.05, 0.1) is 0 Å². The van der Waals surface area contributed by atoms with Gasteiger partial charge in [-0.25, -0.2) is 4.90 Å². The van der Waals surface area contributed by atoms with Crippen LogP contribution in [0.4, 0.5) is 0 Å². The predicted molar refractivity (Wildman–Crippen MR) is 50.0 cm³/mol. The molecule has 0 aromatic carbocycles. The van der Waals surface area contributed by atoms with Crippen LogP contribution in [0.25, 0.3) is 0 Å².